The predicted molar refractivity (Wildman–Crippen MR) is 64.7 cm³/mol. The van der Waals surface area contributed by atoms with Crippen LogP contribution in [0.2, 0.25) is 0 Å². The Bertz CT molecular complexity index is 448. The lowest BCUT2D eigenvalue weighted by atomic mass is 9.94. The summed E-state index contributed by atoms with van der Waals surface area (Å²) in [6.07, 6.45) is 3.97. The zero-order valence-corrected chi connectivity index (χ0v) is 10.6. The van der Waals surface area contributed by atoms with Crippen molar-refractivity contribution in [2.24, 2.45) is 0 Å². The Kier molecular flexibility index (Phi) is 3.61. The Morgan fingerprint density at radius 2 is 2.33 bits per heavy atom. The molecule has 0 bridgehead atoms. The Balaban J connectivity index is 1.99. The number of ether oxygens (including phenoxy) is 1. The molecule has 1 atom stereocenters. The average Bonchev–Trinajstić information content (AvgIpc) is 2.27. The predicted octanol–water partition coefficient (Wildman–Crippen LogP) is 1.91. The first-order valence-corrected chi connectivity index (χ1v) is 6.02. The van der Waals surface area contributed by atoms with Crippen LogP contribution in [0, 0.1) is 5.82 Å². The summed E-state index contributed by atoms with van der Waals surface area (Å²) in [5, 5.41) is 2.89. The molecular weight excluding hydrogens is 235 g/mol. The number of aromatic nitrogens is 1. The smallest absolute Gasteiger partial charge is 0.253 e. The minimum atomic E-state index is -0.505. The van der Waals surface area contributed by atoms with Crippen molar-refractivity contribution < 1.29 is 13.9 Å². The van der Waals surface area contributed by atoms with Gasteiger partial charge in [-0.05, 0) is 32.8 Å². The van der Waals surface area contributed by atoms with Crippen LogP contribution in [0.5, 0.6) is 0 Å². The van der Waals surface area contributed by atoms with E-state index in [-0.39, 0.29) is 23.1 Å². The van der Waals surface area contributed by atoms with E-state index in [9.17, 15) is 9.18 Å². The lowest BCUT2D eigenvalue weighted by Crippen LogP contribution is -2.45. The highest BCUT2D eigenvalue weighted by Gasteiger charge is 2.29. The van der Waals surface area contributed by atoms with Gasteiger partial charge >= 0.3 is 0 Å². The molecule has 1 aromatic rings. The minimum Gasteiger partial charge on any atom is -0.375 e. The fourth-order valence-electron chi connectivity index (χ4n) is 2.16. The molecule has 0 unspecified atom stereocenters. The minimum absolute atomic E-state index is 0.0597. The van der Waals surface area contributed by atoms with Gasteiger partial charge in [0.1, 0.15) is 5.82 Å². The summed E-state index contributed by atoms with van der Waals surface area (Å²) in [5.41, 5.74) is 0.0235. The number of nitrogens with one attached hydrogen (secondary N) is 1. The first-order chi connectivity index (χ1) is 8.46. The molecule has 4 nitrogen and oxygen atoms in total. The largest absolute Gasteiger partial charge is 0.375 e. The Hall–Kier alpha value is -1.49. The molecule has 2 rings (SSSR count). The number of hydrogen-bond donors (Lipinski definition) is 1. The molecule has 18 heavy (non-hydrogen) atoms. The average molecular weight is 252 g/mol. The van der Waals surface area contributed by atoms with Gasteiger partial charge in [-0.1, -0.05) is 0 Å². The molecule has 0 aromatic carbocycles. The van der Waals surface area contributed by atoms with E-state index in [0.717, 1.165) is 19.0 Å². The normalized spacial score (nSPS) is 22.5. The number of amides is 1. The van der Waals surface area contributed by atoms with Crippen LogP contribution in [0.1, 0.15) is 37.0 Å². The Morgan fingerprint density at radius 1 is 1.56 bits per heavy atom. The van der Waals surface area contributed by atoms with Crippen LogP contribution >= 0.6 is 0 Å². The highest BCUT2D eigenvalue weighted by molar-refractivity contribution is 5.94. The first kappa shape index (κ1) is 13.0. The molecule has 0 radical (unpaired) electrons. The molecule has 1 aliphatic heterocycles. The van der Waals surface area contributed by atoms with Crippen molar-refractivity contribution in [1.29, 1.82) is 0 Å². The van der Waals surface area contributed by atoms with Crippen LogP contribution in [-0.2, 0) is 4.74 Å². The van der Waals surface area contributed by atoms with E-state index in [4.69, 9.17) is 4.74 Å². The maximum absolute atomic E-state index is 13.0. The molecule has 2 heterocycles. The molecule has 1 N–H and O–H groups in total. The van der Waals surface area contributed by atoms with E-state index in [2.05, 4.69) is 10.3 Å². The van der Waals surface area contributed by atoms with Gasteiger partial charge in [-0.2, -0.15) is 0 Å². The molecule has 1 fully saturated rings. The number of rotatable bonds is 2. The van der Waals surface area contributed by atoms with Crippen molar-refractivity contribution in [2.75, 3.05) is 6.61 Å². The van der Waals surface area contributed by atoms with Gasteiger partial charge in [-0.15, -0.1) is 0 Å². The van der Waals surface area contributed by atoms with Crippen molar-refractivity contribution in [1.82, 2.24) is 10.3 Å². The van der Waals surface area contributed by atoms with Crippen LogP contribution in [0.4, 0.5) is 4.39 Å². The van der Waals surface area contributed by atoms with Gasteiger partial charge in [-0.3, -0.25) is 9.78 Å². The molecule has 0 aliphatic carbocycles. The summed E-state index contributed by atoms with van der Waals surface area (Å²) in [5.74, 6) is -0.792. The van der Waals surface area contributed by atoms with Gasteiger partial charge < -0.3 is 10.1 Å². The molecule has 0 spiro atoms. The summed E-state index contributed by atoms with van der Waals surface area (Å²) < 4.78 is 18.5. The molecular formula is C13H17FN2O2. The fraction of sp³-hybridized carbons (Fsp3) is 0.538. The monoisotopic (exact) mass is 252 g/mol. The molecule has 1 aliphatic rings. The van der Waals surface area contributed by atoms with Gasteiger partial charge in [0.15, 0.2) is 0 Å². The van der Waals surface area contributed by atoms with Crippen LogP contribution in [-0.4, -0.2) is 29.1 Å². The standard InChI is InChI=1S/C13H17FN2O2/c1-13(2)6-11(3-4-18-13)16-12(17)9-5-10(14)8-15-7-9/h5,7-8,11H,3-4,6H2,1-2H3,(H,16,17)/t11-/m0/s1. The second-order valence-electron chi connectivity index (χ2n) is 5.16. The van der Waals surface area contributed by atoms with Crippen LogP contribution in [0.3, 0.4) is 0 Å². The molecule has 1 aromatic heterocycles. The number of nitrogens with zero attached hydrogens (tertiary/aromatic N) is 1. The van der Waals surface area contributed by atoms with Gasteiger partial charge in [-0.25, -0.2) is 4.39 Å². The zero-order valence-electron chi connectivity index (χ0n) is 10.6. The van der Waals surface area contributed by atoms with Crippen molar-refractivity contribution >= 4 is 5.91 Å². The van der Waals surface area contributed by atoms with E-state index < -0.39 is 5.82 Å². The lowest BCUT2D eigenvalue weighted by Gasteiger charge is -2.35. The summed E-state index contributed by atoms with van der Waals surface area (Å²) >= 11 is 0. The second-order valence-corrected chi connectivity index (χ2v) is 5.16. The van der Waals surface area contributed by atoms with E-state index in [0.29, 0.717) is 6.61 Å². The maximum Gasteiger partial charge on any atom is 0.253 e. The third kappa shape index (κ3) is 3.26. The van der Waals surface area contributed by atoms with Crippen LogP contribution in [0.15, 0.2) is 18.5 Å². The van der Waals surface area contributed by atoms with E-state index in [1.807, 2.05) is 13.8 Å². The van der Waals surface area contributed by atoms with Crippen molar-refractivity contribution in [3.05, 3.63) is 29.8 Å². The number of halogens is 1. The van der Waals surface area contributed by atoms with Crippen LogP contribution < -0.4 is 5.32 Å². The quantitative estimate of drug-likeness (QED) is 0.874. The van der Waals surface area contributed by atoms with Crippen molar-refractivity contribution in [2.45, 2.75) is 38.3 Å². The van der Waals surface area contributed by atoms with Crippen LogP contribution in [0.25, 0.3) is 0 Å². The highest BCUT2D eigenvalue weighted by Crippen LogP contribution is 2.24. The molecule has 5 heteroatoms. The summed E-state index contributed by atoms with van der Waals surface area (Å²) in [4.78, 5) is 15.6. The number of carbonyl (C=O) groups is 1. The second kappa shape index (κ2) is 5.02. The third-order valence-electron chi connectivity index (χ3n) is 3.00. The van der Waals surface area contributed by atoms with Gasteiger partial charge in [0.25, 0.3) is 5.91 Å². The maximum atomic E-state index is 13.0. The van der Waals surface area contributed by atoms with E-state index in [1.54, 1.807) is 0 Å². The molecule has 1 saturated heterocycles. The SMILES string of the molecule is CC1(C)C[C@@H](NC(=O)c2cncc(F)c2)CCO1. The number of pyridine rings is 1. The molecule has 98 valence electrons. The van der Waals surface area contributed by atoms with Gasteiger partial charge in [0, 0.05) is 18.8 Å². The van der Waals surface area contributed by atoms with Crippen molar-refractivity contribution in [3.63, 3.8) is 0 Å². The summed E-state index contributed by atoms with van der Waals surface area (Å²) in [6.45, 7) is 4.61. The topological polar surface area (TPSA) is 51.2 Å². The first-order valence-electron chi connectivity index (χ1n) is 6.02. The number of carbonyl (C=O) groups excluding carboxylic acids is 1. The van der Waals surface area contributed by atoms with Crippen molar-refractivity contribution in [3.8, 4) is 0 Å². The molecule has 1 amide bonds. The molecule has 0 saturated carbocycles. The Morgan fingerprint density at radius 3 is 3.00 bits per heavy atom. The summed E-state index contributed by atoms with van der Waals surface area (Å²) in [7, 11) is 0. The van der Waals surface area contributed by atoms with E-state index >= 15 is 0 Å². The lowest BCUT2D eigenvalue weighted by molar-refractivity contribution is -0.0615. The van der Waals surface area contributed by atoms with Gasteiger partial charge in [0.2, 0.25) is 0 Å². The third-order valence-corrected chi connectivity index (χ3v) is 3.00. The Labute approximate surface area is 106 Å². The zero-order chi connectivity index (χ0) is 13.2. The highest BCUT2D eigenvalue weighted by atomic mass is 19.1. The summed E-state index contributed by atoms with van der Waals surface area (Å²) in [6, 6.07) is 1.25. The number of hydrogen-bond acceptors (Lipinski definition) is 3. The fourth-order valence-corrected chi connectivity index (χ4v) is 2.16. The van der Waals surface area contributed by atoms with Gasteiger partial charge in [0.05, 0.1) is 17.4 Å². The van der Waals surface area contributed by atoms with E-state index in [1.165, 1.54) is 12.3 Å².